The van der Waals surface area contributed by atoms with Gasteiger partial charge in [-0.3, -0.25) is 0 Å². The van der Waals surface area contributed by atoms with Gasteiger partial charge in [0.15, 0.2) is 0 Å². The maximum Gasteiger partial charge on any atom is 0.143 e. The molecule has 2 aromatic rings. The van der Waals surface area contributed by atoms with E-state index in [1.807, 2.05) is 64.7 Å². The molecule has 15 heavy (non-hydrogen) atoms. The van der Waals surface area contributed by atoms with Crippen LogP contribution in [-0.2, 0) is 7.05 Å². The van der Waals surface area contributed by atoms with Gasteiger partial charge in [-0.15, -0.1) is 0 Å². The summed E-state index contributed by atoms with van der Waals surface area (Å²) in [6.45, 7) is 9.90. The van der Waals surface area contributed by atoms with E-state index in [0.29, 0.717) is 0 Å². The largest absolute Gasteiger partial charge is 0.335 e. The third-order valence-electron chi connectivity index (χ3n) is 1.73. The summed E-state index contributed by atoms with van der Waals surface area (Å²) in [5.41, 5.74) is 0.998. The zero-order valence-corrected chi connectivity index (χ0v) is 10.6. The van der Waals surface area contributed by atoms with E-state index in [-0.39, 0.29) is 0 Å². The SMILES string of the molecule is CC.CC.Cc1ncc2ccn(C)c2n1. The van der Waals surface area contributed by atoms with Gasteiger partial charge in [-0.1, -0.05) is 27.7 Å². The minimum atomic E-state index is 0.819. The highest BCUT2D eigenvalue weighted by Gasteiger charge is 1.98. The molecule has 2 aromatic heterocycles. The first-order valence-corrected chi connectivity index (χ1v) is 5.52. The Labute approximate surface area is 92.2 Å². The Kier molecular flexibility index (Phi) is 6.34. The first kappa shape index (κ1) is 13.6. The van der Waals surface area contributed by atoms with Crippen LogP contribution in [-0.4, -0.2) is 14.5 Å². The summed E-state index contributed by atoms with van der Waals surface area (Å²) in [6, 6.07) is 2.01. The molecule has 0 amide bonds. The minimum Gasteiger partial charge on any atom is -0.335 e. The van der Waals surface area contributed by atoms with E-state index in [1.165, 1.54) is 0 Å². The van der Waals surface area contributed by atoms with Crippen molar-refractivity contribution in [1.29, 1.82) is 0 Å². The molecule has 3 heteroatoms. The van der Waals surface area contributed by atoms with Crippen molar-refractivity contribution < 1.29 is 0 Å². The van der Waals surface area contributed by atoms with Crippen molar-refractivity contribution in [3.8, 4) is 0 Å². The predicted octanol–water partition coefficient (Wildman–Crippen LogP) is 3.33. The Bertz CT molecular complexity index is 391. The molecule has 0 aliphatic rings. The van der Waals surface area contributed by atoms with E-state index in [2.05, 4.69) is 9.97 Å². The summed E-state index contributed by atoms with van der Waals surface area (Å²) in [4.78, 5) is 8.38. The second kappa shape index (κ2) is 6.98. The molecule has 3 nitrogen and oxygen atoms in total. The quantitative estimate of drug-likeness (QED) is 0.663. The van der Waals surface area contributed by atoms with Gasteiger partial charge in [0.05, 0.1) is 0 Å². The lowest BCUT2D eigenvalue weighted by atomic mass is 10.4. The van der Waals surface area contributed by atoms with Crippen LogP contribution in [0.15, 0.2) is 18.5 Å². The fourth-order valence-electron chi connectivity index (χ4n) is 1.13. The molecule has 0 saturated heterocycles. The fraction of sp³-hybridized carbons (Fsp3) is 0.500. The molecule has 0 aliphatic carbocycles. The van der Waals surface area contributed by atoms with Crippen LogP contribution < -0.4 is 0 Å². The highest BCUT2D eigenvalue weighted by atomic mass is 15.0. The number of hydrogen-bond acceptors (Lipinski definition) is 2. The molecule has 0 spiro atoms. The molecule has 0 bridgehead atoms. The van der Waals surface area contributed by atoms with E-state index in [0.717, 1.165) is 16.9 Å². The second-order valence-electron chi connectivity index (χ2n) is 2.62. The van der Waals surface area contributed by atoms with Crippen molar-refractivity contribution in [2.45, 2.75) is 34.6 Å². The van der Waals surface area contributed by atoms with Crippen molar-refractivity contribution in [3.63, 3.8) is 0 Å². The average molecular weight is 207 g/mol. The maximum absolute atomic E-state index is 4.29. The highest BCUT2D eigenvalue weighted by Crippen LogP contribution is 2.09. The zero-order chi connectivity index (χ0) is 11.8. The Balaban J connectivity index is 0.000000442. The van der Waals surface area contributed by atoms with Gasteiger partial charge in [-0.2, -0.15) is 0 Å². The summed E-state index contributed by atoms with van der Waals surface area (Å²) in [5, 5.41) is 1.10. The number of aryl methyl sites for hydroxylation is 2. The molecule has 84 valence electrons. The fourth-order valence-corrected chi connectivity index (χ4v) is 1.13. The average Bonchev–Trinajstić information content (AvgIpc) is 2.66. The van der Waals surface area contributed by atoms with Gasteiger partial charge in [-0.05, 0) is 13.0 Å². The molecule has 0 unspecified atom stereocenters. The van der Waals surface area contributed by atoms with E-state index < -0.39 is 0 Å². The molecule has 2 heterocycles. The molecule has 0 atom stereocenters. The van der Waals surface area contributed by atoms with Gasteiger partial charge in [0, 0.05) is 24.8 Å². The number of aromatic nitrogens is 3. The Morgan fingerprint density at radius 3 is 2.33 bits per heavy atom. The number of hydrogen-bond donors (Lipinski definition) is 0. The summed E-state index contributed by atoms with van der Waals surface area (Å²) >= 11 is 0. The van der Waals surface area contributed by atoms with Crippen LogP contribution >= 0.6 is 0 Å². The third-order valence-corrected chi connectivity index (χ3v) is 1.73. The summed E-state index contributed by atoms with van der Waals surface area (Å²) < 4.78 is 1.99. The van der Waals surface area contributed by atoms with Gasteiger partial charge >= 0.3 is 0 Å². The van der Waals surface area contributed by atoms with Crippen molar-refractivity contribution in [2.75, 3.05) is 0 Å². The van der Waals surface area contributed by atoms with Gasteiger partial charge in [0.2, 0.25) is 0 Å². The van der Waals surface area contributed by atoms with E-state index in [4.69, 9.17) is 0 Å². The Morgan fingerprint density at radius 1 is 1.13 bits per heavy atom. The number of nitrogens with zero attached hydrogens (tertiary/aromatic N) is 3. The smallest absolute Gasteiger partial charge is 0.143 e. The van der Waals surface area contributed by atoms with Gasteiger partial charge in [0.25, 0.3) is 0 Å². The molecule has 0 radical (unpaired) electrons. The van der Waals surface area contributed by atoms with Crippen molar-refractivity contribution in [1.82, 2.24) is 14.5 Å². The molecule has 2 rings (SSSR count). The molecule has 0 N–H and O–H groups in total. The van der Waals surface area contributed by atoms with Crippen LogP contribution in [0.3, 0.4) is 0 Å². The lowest BCUT2D eigenvalue weighted by Crippen LogP contribution is -1.91. The minimum absolute atomic E-state index is 0.819. The Morgan fingerprint density at radius 2 is 1.73 bits per heavy atom. The van der Waals surface area contributed by atoms with Crippen molar-refractivity contribution >= 4 is 11.0 Å². The van der Waals surface area contributed by atoms with Crippen LogP contribution in [0.5, 0.6) is 0 Å². The first-order chi connectivity index (χ1) is 7.27. The van der Waals surface area contributed by atoms with E-state index in [9.17, 15) is 0 Å². The lowest BCUT2D eigenvalue weighted by Gasteiger charge is -1.94. The van der Waals surface area contributed by atoms with Gasteiger partial charge in [-0.25, -0.2) is 9.97 Å². The Hall–Kier alpha value is -1.38. The highest BCUT2D eigenvalue weighted by molar-refractivity contribution is 5.74. The van der Waals surface area contributed by atoms with Crippen molar-refractivity contribution in [2.24, 2.45) is 7.05 Å². The molecule has 0 saturated carbocycles. The van der Waals surface area contributed by atoms with Crippen LogP contribution in [0.4, 0.5) is 0 Å². The molecular formula is C12H21N3. The lowest BCUT2D eigenvalue weighted by molar-refractivity contribution is 0.932. The molecule has 0 aromatic carbocycles. The maximum atomic E-state index is 4.29. The van der Waals surface area contributed by atoms with Crippen LogP contribution in [0, 0.1) is 6.92 Å². The number of rotatable bonds is 0. The van der Waals surface area contributed by atoms with Crippen LogP contribution in [0.1, 0.15) is 33.5 Å². The standard InChI is InChI=1S/C8H9N3.2C2H6/c1-6-9-5-7-3-4-11(2)8(7)10-6;2*1-2/h3-5H,1-2H3;2*1-2H3. The van der Waals surface area contributed by atoms with Gasteiger partial charge in [0.1, 0.15) is 11.5 Å². The first-order valence-electron chi connectivity index (χ1n) is 5.52. The van der Waals surface area contributed by atoms with E-state index in [1.54, 1.807) is 0 Å². The second-order valence-corrected chi connectivity index (χ2v) is 2.62. The molecular weight excluding hydrogens is 186 g/mol. The topological polar surface area (TPSA) is 30.7 Å². The summed E-state index contributed by atoms with van der Waals surface area (Å²) in [5.74, 6) is 0.819. The van der Waals surface area contributed by atoms with E-state index >= 15 is 0 Å². The normalized spacial score (nSPS) is 8.67. The monoisotopic (exact) mass is 207 g/mol. The molecule has 0 aliphatic heterocycles. The zero-order valence-electron chi connectivity index (χ0n) is 10.6. The number of fused-ring (bicyclic) bond motifs is 1. The predicted molar refractivity (Wildman–Crippen MR) is 65.9 cm³/mol. The van der Waals surface area contributed by atoms with Crippen LogP contribution in [0.2, 0.25) is 0 Å². The summed E-state index contributed by atoms with van der Waals surface area (Å²) in [7, 11) is 1.98. The summed E-state index contributed by atoms with van der Waals surface area (Å²) in [6.07, 6.45) is 3.83. The van der Waals surface area contributed by atoms with Crippen molar-refractivity contribution in [3.05, 3.63) is 24.3 Å². The van der Waals surface area contributed by atoms with Gasteiger partial charge < -0.3 is 4.57 Å². The molecule has 0 fully saturated rings. The van der Waals surface area contributed by atoms with Crippen LogP contribution in [0.25, 0.3) is 11.0 Å². The third kappa shape index (κ3) is 3.35.